The Bertz CT molecular complexity index is 1760. The Labute approximate surface area is 297 Å². The van der Waals surface area contributed by atoms with Gasteiger partial charge in [0.2, 0.25) is 0 Å². The number of carboxylic acids is 1. The third kappa shape index (κ3) is 11.2. The van der Waals surface area contributed by atoms with E-state index in [0.717, 1.165) is 44.1 Å². The molecule has 0 saturated heterocycles. The zero-order valence-corrected chi connectivity index (χ0v) is 28.4. The lowest BCUT2D eigenvalue weighted by Crippen LogP contribution is -2.33. The van der Waals surface area contributed by atoms with Crippen LogP contribution in [0, 0.1) is 0 Å². The molecule has 1 saturated carbocycles. The number of rotatable bonds is 14. The maximum absolute atomic E-state index is 13.5. The average Bonchev–Trinajstić information content (AvgIpc) is 3.97. The lowest BCUT2D eigenvalue weighted by Gasteiger charge is -2.24. The molecule has 3 aromatic carbocycles. The number of amides is 4. The maximum Gasteiger partial charge on any atom is 0.490 e. The minimum Gasteiger partial charge on any atom is -0.496 e. The molecule has 13 nitrogen and oxygen atoms in total. The molecule has 4 amide bonds. The van der Waals surface area contributed by atoms with Crippen LogP contribution >= 0.6 is 0 Å². The predicted octanol–water partition coefficient (Wildman–Crippen LogP) is 4.97. The highest BCUT2D eigenvalue weighted by Gasteiger charge is 2.38. The second kappa shape index (κ2) is 18.0. The van der Waals surface area contributed by atoms with Crippen LogP contribution in [0.25, 0.3) is 0 Å². The lowest BCUT2D eigenvalue weighted by molar-refractivity contribution is -0.192. The minimum atomic E-state index is -5.08. The standard InChI is InChI=1S/C34H39N5O6.C2HF3O2/c1-44-29-18-22(20-39(26-12-13-26)34(43)24-9-15-28-30(19-24)45-21-31(40)38-28)6-14-27(29)33(42)37-25-10-7-23(8-11-25)32(41)36-17-5-3-2-4-16-35;3-2(4,5)1(6)7/h6-11,14-15,18-19,26H,2-5,12-13,16-17,20-21,35H2,1H3,(H,36,41)(H,37,42)(H,38,40);(H,6,7). The number of hydrogen-bond acceptors (Lipinski definition) is 8. The van der Waals surface area contributed by atoms with Crippen molar-refractivity contribution >= 4 is 41.0 Å². The summed E-state index contributed by atoms with van der Waals surface area (Å²) in [5.74, 6) is -2.79. The molecule has 6 N–H and O–H groups in total. The van der Waals surface area contributed by atoms with Crippen LogP contribution in [0.3, 0.4) is 0 Å². The number of nitrogens with zero attached hydrogens (tertiary/aromatic N) is 1. The first-order chi connectivity index (χ1) is 24.8. The summed E-state index contributed by atoms with van der Waals surface area (Å²) in [4.78, 5) is 61.4. The summed E-state index contributed by atoms with van der Waals surface area (Å²) < 4.78 is 42.8. The van der Waals surface area contributed by atoms with Crippen molar-refractivity contribution in [3.63, 3.8) is 0 Å². The molecule has 278 valence electrons. The fourth-order valence-corrected chi connectivity index (χ4v) is 5.17. The molecular formula is C36H40F3N5O8. The molecule has 1 aliphatic carbocycles. The van der Waals surface area contributed by atoms with Crippen molar-refractivity contribution in [1.82, 2.24) is 10.2 Å². The van der Waals surface area contributed by atoms with Crippen LogP contribution < -0.4 is 31.2 Å². The van der Waals surface area contributed by atoms with Gasteiger partial charge in [-0.1, -0.05) is 18.9 Å². The maximum atomic E-state index is 13.5. The fourth-order valence-electron chi connectivity index (χ4n) is 5.17. The molecule has 0 atom stereocenters. The summed E-state index contributed by atoms with van der Waals surface area (Å²) in [7, 11) is 1.50. The second-order valence-electron chi connectivity index (χ2n) is 12.0. The Morgan fingerprint density at radius 1 is 0.962 bits per heavy atom. The van der Waals surface area contributed by atoms with Crippen molar-refractivity contribution in [1.29, 1.82) is 0 Å². The van der Waals surface area contributed by atoms with E-state index in [1.54, 1.807) is 54.6 Å². The third-order valence-electron chi connectivity index (χ3n) is 8.04. The summed E-state index contributed by atoms with van der Waals surface area (Å²) in [6, 6.07) is 17.1. The molecule has 3 aromatic rings. The number of anilines is 2. The van der Waals surface area contributed by atoms with Crippen LogP contribution in [0.2, 0.25) is 0 Å². The van der Waals surface area contributed by atoms with E-state index < -0.39 is 12.1 Å². The van der Waals surface area contributed by atoms with Crippen LogP contribution in [0.15, 0.2) is 60.7 Å². The third-order valence-corrected chi connectivity index (χ3v) is 8.04. The predicted molar refractivity (Wildman–Crippen MR) is 184 cm³/mol. The normalized spacial score (nSPS) is 13.3. The van der Waals surface area contributed by atoms with Crippen LogP contribution in [0.1, 0.15) is 75.2 Å². The smallest absolute Gasteiger partial charge is 0.490 e. The van der Waals surface area contributed by atoms with E-state index in [0.29, 0.717) is 59.2 Å². The number of methoxy groups -OCH3 is 1. The molecule has 1 fully saturated rings. The van der Waals surface area contributed by atoms with Gasteiger partial charge in [-0.05, 0) is 92.4 Å². The molecule has 16 heteroatoms. The Balaban J connectivity index is 0.000000785. The lowest BCUT2D eigenvalue weighted by atomic mass is 10.1. The summed E-state index contributed by atoms with van der Waals surface area (Å²) in [5, 5.41) is 15.6. The number of aliphatic carboxylic acids is 1. The first-order valence-corrected chi connectivity index (χ1v) is 16.5. The number of benzene rings is 3. The minimum absolute atomic E-state index is 0.0876. The highest BCUT2D eigenvalue weighted by molar-refractivity contribution is 6.06. The number of halogens is 3. The first kappa shape index (κ1) is 39.2. The number of carbonyl (C=O) groups excluding carboxylic acids is 4. The van der Waals surface area contributed by atoms with Crippen LogP contribution in [-0.2, 0) is 16.1 Å². The number of carboxylic acid groups (broad SMARTS) is 1. The van der Waals surface area contributed by atoms with Crippen molar-refractivity contribution in [2.45, 2.75) is 57.3 Å². The first-order valence-electron chi connectivity index (χ1n) is 16.5. The van der Waals surface area contributed by atoms with Crippen LogP contribution in [0.4, 0.5) is 24.5 Å². The van der Waals surface area contributed by atoms with E-state index in [2.05, 4.69) is 16.0 Å². The number of nitrogens with two attached hydrogens (primary N) is 1. The number of carbonyl (C=O) groups is 5. The van der Waals surface area contributed by atoms with Crippen molar-refractivity contribution < 1.29 is 51.7 Å². The molecule has 52 heavy (non-hydrogen) atoms. The monoisotopic (exact) mass is 727 g/mol. The van der Waals surface area contributed by atoms with Gasteiger partial charge in [0, 0.05) is 35.9 Å². The van der Waals surface area contributed by atoms with E-state index >= 15 is 0 Å². The average molecular weight is 728 g/mol. The molecule has 0 radical (unpaired) electrons. The fraction of sp³-hybridized carbons (Fsp3) is 0.361. The highest BCUT2D eigenvalue weighted by Crippen LogP contribution is 2.34. The summed E-state index contributed by atoms with van der Waals surface area (Å²) in [6.07, 6.45) is 0.725. The van der Waals surface area contributed by atoms with E-state index in [1.807, 2.05) is 11.0 Å². The largest absolute Gasteiger partial charge is 0.496 e. The van der Waals surface area contributed by atoms with Gasteiger partial charge in [0.05, 0.1) is 18.4 Å². The van der Waals surface area contributed by atoms with Crippen LogP contribution in [0.5, 0.6) is 11.5 Å². The second-order valence-corrected chi connectivity index (χ2v) is 12.0. The number of hydrogen-bond donors (Lipinski definition) is 5. The van der Waals surface area contributed by atoms with Crippen molar-refractivity contribution in [2.75, 3.05) is 37.4 Å². The summed E-state index contributed by atoms with van der Waals surface area (Å²) >= 11 is 0. The molecule has 1 heterocycles. The number of ether oxygens (including phenoxy) is 2. The molecule has 2 aliphatic rings. The number of nitrogens with one attached hydrogen (secondary N) is 3. The zero-order chi connectivity index (χ0) is 37.8. The molecule has 0 bridgehead atoms. The van der Waals surface area contributed by atoms with Gasteiger partial charge in [-0.2, -0.15) is 13.2 Å². The SMILES string of the molecule is COc1cc(CN(C(=O)c2ccc3c(c2)OCC(=O)N3)C2CC2)ccc1C(=O)Nc1ccc(C(=O)NCCCCCCN)cc1.O=C(O)C(F)(F)F. The quantitative estimate of drug-likeness (QED) is 0.143. The highest BCUT2D eigenvalue weighted by atomic mass is 19.4. The van der Waals surface area contributed by atoms with Gasteiger partial charge in [-0.3, -0.25) is 19.2 Å². The molecule has 0 spiro atoms. The van der Waals surface area contributed by atoms with Crippen molar-refractivity contribution in [2.24, 2.45) is 5.73 Å². The Morgan fingerprint density at radius 2 is 1.63 bits per heavy atom. The summed E-state index contributed by atoms with van der Waals surface area (Å²) in [5.41, 5.74) is 8.75. The molecule has 1 aliphatic heterocycles. The Kier molecular flexibility index (Phi) is 13.6. The molecule has 5 rings (SSSR count). The molecule has 0 unspecified atom stereocenters. The van der Waals surface area contributed by atoms with E-state index in [1.165, 1.54) is 7.11 Å². The Morgan fingerprint density at radius 3 is 2.27 bits per heavy atom. The summed E-state index contributed by atoms with van der Waals surface area (Å²) in [6.45, 7) is 1.55. The number of fused-ring (bicyclic) bond motifs is 1. The van der Waals surface area contributed by atoms with Gasteiger partial charge in [-0.25, -0.2) is 4.79 Å². The topological polar surface area (TPSA) is 189 Å². The van der Waals surface area contributed by atoms with E-state index in [-0.39, 0.29) is 36.3 Å². The number of alkyl halides is 3. The van der Waals surface area contributed by atoms with Crippen LogP contribution in [-0.4, -0.2) is 78.6 Å². The van der Waals surface area contributed by atoms with Crippen molar-refractivity contribution in [3.8, 4) is 11.5 Å². The zero-order valence-electron chi connectivity index (χ0n) is 28.4. The van der Waals surface area contributed by atoms with E-state index in [9.17, 15) is 32.3 Å². The molecular weight excluding hydrogens is 687 g/mol. The Hall–Kier alpha value is -5.64. The van der Waals surface area contributed by atoms with Gasteiger partial charge in [0.25, 0.3) is 23.6 Å². The molecule has 0 aromatic heterocycles. The van der Waals surface area contributed by atoms with Gasteiger partial charge < -0.3 is 41.2 Å². The van der Waals surface area contributed by atoms with E-state index in [4.69, 9.17) is 25.1 Å². The van der Waals surface area contributed by atoms with Gasteiger partial charge in [0.15, 0.2) is 6.61 Å². The van der Waals surface area contributed by atoms with Gasteiger partial charge in [0.1, 0.15) is 11.5 Å². The van der Waals surface area contributed by atoms with Gasteiger partial charge >= 0.3 is 12.1 Å². The van der Waals surface area contributed by atoms with Gasteiger partial charge in [-0.15, -0.1) is 0 Å². The van der Waals surface area contributed by atoms with Crippen molar-refractivity contribution in [3.05, 3.63) is 82.9 Å². The number of unbranched alkanes of at least 4 members (excludes halogenated alkanes) is 3.